The molecule has 0 amide bonds. The molecule has 2 aromatic rings. The number of hydrogen-bond acceptors (Lipinski definition) is 4. The molecule has 0 aliphatic rings. The number of aromatic nitrogens is 2. The van der Waals surface area contributed by atoms with Crippen molar-refractivity contribution in [2.24, 2.45) is 0 Å². The maximum atomic E-state index is 11.7. The van der Waals surface area contributed by atoms with Gasteiger partial charge in [0.05, 0.1) is 15.7 Å². The van der Waals surface area contributed by atoms with E-state index in [-0.39, 0.29) is 15.7 Å². The lowest BCUT2D eigenvalue weighted by molar-refractivity contribution is 0.0684. The van der Waals surface area contributed by atoms with Crippen molar-refractivity contribution >= 4 is 29.2 Å². The molecule has 0 radical (unpaired) electrons. The van der Waals surface area contributed by atoms with Gasteiger partial charge >= 0.3 is 5.97 Å². The van der Waals surface area contributed by atoms with Gasteiger partial charge in [0.2, 0.25) is 5.69 Å². The van der Waals surface area contributed by atoms with Crippen LogP contribution in [0.15, 0.2) is 29.1 Å². The molecule has 1 aromatic heterocycles. The van der Waals surface area contributed by atoms with Gasteiger partial charge in [-0.05, 0) is 18.2 Å². The number of nitrogens with zero attached hydrogens (tertiary/aromatic N) is 2. The van der Waals surface area contributed by atoms with Crippen molar-refractivity contribution < 1.29 is 15.0 Å². The Morgan fingerprint density at radius 3 is 2.47 bits per heavy atom. The van der Waals surface area contributed by atoms with Gasteiger partial charge in [-0.2, -0.15) is 9.78 Å². The predicted octanol–water partition coefficient (Wildman–Crippen LogP) is 1.94. The Balaban J connectivity index is 2.68. The number of carboxylic acid groups (broad SMARTS) is 1. The fraction of sp³-hybridized carbons (Fsp3) is 0. The molecule has 6 nitrogen and oxygen atoms in total. The Hall–Kier alpha value is -2.05. The van der Waals surface area contributed by atoms with Crippen molar-refractivity contribution in [2.45, 2.75) is 0 Å². The van der Waals surface area contributed by atoms with Crippen LogP contribution in [0.5, 0.6) is 5.75 Å². The van der Waals surface area contributed by atoms with E-state index in [0.29, 0.717) is 0 Å². The van der Waals surface area contributed by atoms with E-state index in [1.165, 1.54) is 18.2 Å². The van der Waals surface area contributed by atoms with Crippen LogP contribution < -0.4 is 5.56 Å². The molecule has 0 aliphatic carbocycles. The molecule has 0 spiro atoms. The maximum Gasteiger partial charge on any atom is 0.360 e. The summed E-state index contributed by atoms with van der Waals surface area (Å²) in [6.07, 6.45) is 0. The smallest absolute Gasteiger partial charge is 0.360 e. The summed E-state index contributed by atoms with van der Waals surface area (Å²) < 4.78 is 0.811. The van der Waals surface area contributed by atoms with E-state index in [1.54, 1.807) is 0 Å². The zero-order valence-corrected chi connectivity index (χ0v) is 10.7. The van der Waals surface area contributed by atoms with Crippen molar-refractivity contribution in [3.8, 4) is 11.4 Å². The minimum atomic E-state index is -1.45. The summed E-state index contributed by atoms with van der Waals surface area (Å²) in [5, 5.41) is 22.2. The summed E-state index contributed by atoms with van der Waals surface area (Å²) in [6, 6.07) is 5.02. The van der Waals surface area contributed by atoms with E-state index < -0.39 is 23.0 Å². The number of benzene rings is 1. The zero-order chi connectivity index (χ0) is 14.2. The molecule has 0 saturated carbocycles. The van der Waals surface area contributed by atoms with Crippen LogP contribution in [-0.2, 0) is 0 Å². The largest absolute Gasteiger partial charge is 0.505 e. The SMILES string of the molecule is O=C(O)c1nn(-c2ccc(Cl)c(Cl)c2)c(=O)cc1O. The van der Waals surface area contributed by atoms with E-state index in [2.05, 4.69) is 5.10 Å². The first kappa shape index (κ1) is 13.4. The molecule has 2 N–H and O–H groups in total. The minimum Gasteiger partial charge on any atom is -0.505 e. The molecule has 0 bridgehead atoms. The lowest BCUT2D eigenvalue weighted by Gasteiger charge is -2.07. The molecule has 0 unspecified atom stereocenters. The predicted molar refractivity (Wildman–Crippen MR) is 68.5 cm³/mol. The second kappa shape index (κ2) is 4.91. The number of aromatic carboxylic acids is 1. The molecule has 1 heterocycles. The van der Waals surface area contributed by atoms with Crippen molar-refractivity contribution in [1.29, 1.82) is 0 Å². The Bertz CT molecular complexity index is 727. The van der Waals surface area contributed by atoms with Crippen molar-refractivity contribution in [3.05, 3.63) is 50.4 Å². The monoisotopic (exact) mass is 300 g/mol. The van der Waals surface area contributed by atoms with Crippen LogP contribution in [0.1, 0.15) is 10.5 Å². The first-order valence-corrected chi connectivity index (χ1v) is 5.68. The van der Waals surface area contributed by atoms with Crippen molar-refractivity contribution in [1.82, 2.24) is 9.78 Å². The Labute approximate surface area is 116 Å². The second-order valence-electron chi connectivity index (χ2n) is 3.53. The Kier molecular flexibility index (Phi) is 3.46. The highest BCUT2D eigenvalue weighted by Crippen LogP contribution is 2.24. The van der Waals surface area contributed by atoms with Gasteiger partial charge in [-0.15, -0.1) is 0 Å². The standard InChI is InChI=1S/C11H6Cl2N2O4/c12-6-2-1-5(3-7(6)13)15-9(17)4-8(16)10(14-15)11(18)19/h1-4,16H,(H,18,19). The molecular weight excluding hydrogens is 295 g/mol. The van der Waals surface area contributed by atoms with E-state index in [9.17, 15) is 14.7 Å². The van der Waals surface area contributed by atoms with E-state index in [0.717, 1.165) is 10.7 Å². The number of carbonyl (C=O) groups is 1. The molecule has 0 saturated heterocycles. The highest BCUT2D eigenvalue weighted by Gasteiger charge is 2.15. The first-order valence-electron chi connectivity index (χ1n) is 4.92. The molecule has 0 aliphatic heterocycles. The third-order valence-corrected chi connectivity index (χ3v) is 3.00. The van der Waals surface area contributed by atoms with Gasteiger partial charge in [-0.3, -0.25) is 4.79 Å². The minimum absolute atomic E-state index is 0.192. The van der Waals surface area contributed by atoms with Gasteiger partial charge < -0.3 is 10.2 Å². The van der Waals surface area contributed by atoms with Crippen LogP contribution in [-0.4, -0.2) is 26.0 Å². The fourth-order valence-corrected chi connectivity index (χ4v) is 1.69. The normalized spacial score (nSPS) is 10.4. The van der Waals surface area contributed by atoms with Crippen LogP contribution in [0, 0.1) is 0 Å². The fourth-order valence-electron chi connectivity index (χ4n) is 1.40. The summed E-state index contributed by atoms with van der Waals surface area (Å²) in [5.41, 5.74) is -1.09. The summed E-state index contributed by atoms with van der Waals surface area (Å²) >= 11 is 11.5. The second-order valence-corrected chi connectivity index (χ2v) is 4.35. The summed E-state index contributed by atoms with van der Waals surface area (Å²) in [5.74, 6) is -2.15. The molecule has 0 atom stereocenters. The molecule has 98 valence electrons. The van der Waals surface area contributed by atoms with Crippen molar-refractivity contribution in [3.63, 3.8) is 0 Å². The number of aromatic hydroxyl groups is 1. The van der Waals surface area contributed by atoms with Crippen molar-refractivity contribution in [2.75, 3.05) is 0 Å². The van der Waals surface area contributed by atoms with Crippen LogP contribution in [0.25, 0.3) is 5.69 Å². The highest BCUT2D eigenvalue weighted by atomic mass is 35.5. The molecule has 19 heavy (non-hydrogen) atoms. The third-order valence-electron chi connectivity index (χ3n) is 2.26. The molecular formula is C11H6Cl2N2O4. The number of carboxylic acids is 1. The number of hydrogen-bond donors (Lipinski definition) is 2. The van der Waals surface area contributed by atoms with Gasteiger partial charge in [-0.25, -0.2) is 4.79 Å². The van der Waals surface area contributed by atoms with E-state index in [1.807, 2.05) is 0 Å². The highest BCUT2D eigenvalue weighted by molar-refractivity contribution is 6.42. The molecule has 1 aromatic carbocycles. The van der Waals surface area contributed by atoms with Crippen LogP contribution in [0.2, 0.25) is 10.0 Å². The number of rotatable bonds is 2. The molecule has 0 fully saturated rings. The topological polar surface area (TPSA) is 92.4 Å². The van der Waals surface area contributed by atoms with Gasteiger partial charge in [0.15, 0.2) is 5.75 Å². The summed E-state index contributed by atoms with van der Waals surface area (Å²) in [7, 11) is 0. The lowest BCUT2D eigenvalue weighted by Crippen LogP contribution is -2.23. The summed E-state index contributed by atoms with van der Waals surface area (Å²) in [6.45, 7) is 0. The Morgan fingerprint density at radius 2 is 1.89 bits per heavy atom. The van der Waals surface area contributed by atoms with Crippen LogP contribution >= 0.6 is 23.2 Å². The third kappa shape index (κ3) is 2.54. The van der Waals surface area contributed by atoms with Gasteiger partial charge in [0.1, 0.15) is 0 Å². The van der Waals surface area contributed by atoms with Crippen LogP contribution in [0.3, 0.4) is 0 Å². The average molecular weight is 301 g/mol. The van der Waals surface area contributed by atoms with E-state index in [4.69, 9.17) is 28.3 Å². The van der Waals surface area contributed by atoms with Gasteiger partial charge in [0, 0.05) is 6.07 Å². The Morgan fingerprint density at radius 1 is 1.21 bits per heavy atom. The first-order chi connectivity index (χ1) is 8.90. The molecule has 2 rings (SSSR count). The van der Waals surface area contributed by atoms with Gasteiger partial charge in [0.25, 0.3) is 5.56 Å². The lowest BCUT2D eigenvalue weighted by atomic mass is 10.3. The van der Waals surface area contributed by atoms with E-state index >= 15 is 0 Å². The average Bonchev–Trinajstić information content (AvgIpc) is 2.32. The van der Waals surface area contributed by atoms with Gasteiger partial charge in [-0.1, -0.05) is 23.2 Å². The summed E-state index contributed by atoms with van der Waals surface area (Å²) in [4.78, 5) is 22.5. The van der Waals surface area contributed by atoms with Crippen LogP contribution in [0.4, 0.5) is 0 Å². The quantitative estimate of drug-likeness (QED) is 0.884. The zero-order valence-electron chi connectivity index (χ0n) is 9.17. The molecule has 8 heteroatoms. The maximum absolute atomic E-state index is 11.7. The number of halogens is 2.